The molecule has 0 amide bonds. The molecule has 8 heteroatoms. The van der Waals surface area contributed by atoms with Gasteiger partial charge in [-0.15, -0.1) is 0 Å². The van der Waals surface area contributed by atoms with E-state index in [1.54, 1.807) is 10.8 Å². The summed E-state index contributed by atoms with van der Waals surface area (Å²) in [5.74, 6) is 0.922. The zero-order chi connectivity index (χ0) is 7.52. The van der Waals surface area contributed by atoms with Crippen LogP contribution in [0.2, 0.25) is 0 Å². The molecule has 0 saturated carbocycles. The molecule has 0 aromatic carbocycles. The normalized spacial score (nSPS) is 9.00. The second kappa shape index (κ2) is 4.46. The molecule has 0 aliphatic rings. The van der Waals surface area contributed by atoms with Crippen molar-refractivity contribution >= 4 is 23.1 Å². The first-order valence-corrected chi connectivity index (χ1v) is 4.34. The van der Waals surface area contributed by atoms with Crippen molar-refractivity contribution in [2.75, 3.05) is 0 Å². The molecular weight excluding hydrogens is 248 g/mol. The SMILES string of the molecule is [Cu].c1snnc1Oc1csnn1. The van der Waals surface area contributed by atoms with Gasteiger partial charge in [0.25, 0.3) is 11.8 Å². The third-order valence-electron chi connectivity index (χ3n) is 0.889. The third-order valence-corrected chi connectivity index (χ3v) is 1.86. The van der Waals surface area contributed by atoms with Crippen molar-refractivity contribution in [3.63, 3.8) is 0 Å². The molecule has 2 aromatic heterocycles. The van der Waals surface area contributed by atoms with E-state index < -0.39 is 0 Å². The second-order valence-electron chi connectivity index (χ2n) is 1.59. The first-order chi connectivity index (χ1) is 5.45. The summed E-state index contributed by atoms with van der Waals surface area (Å²) in [6.45, 7) is 0. The quantitative estimate of drug-likeness (QED) is 0.748. The molecule has 1 radical (unpaired) electrons. The fraction of sp³-hybridized carbons (Fsp3) is 0. The fourth-order valence-electron chi connectivity index (χ4n) is 0.508. The zero-order valence-corrected chi connectivity index (χ0v) is 8.04. The van der Waals surface area contributed by atoms with Gasteiger partial charge in [-0.3, -0.25) is 0 Å². The standard InChI is InChI=1S/C4H2N4OS2.Cu/c1-3(5-7-10-1)9-4-2-11-8-6-4;/h1-2H;. The Balaban J connectivity index is 0.000000720. The van der Waals surface area contributed by atoms with Gasteiger partial charge >= 0.3 is 0 Å². The summed E-state index contributed by atoms with van der Waals surface area (Å²) < 4.78 is 12.4. The number of hydrogen-bond acceptors (Lipinski definition) is 7. The minimum atomic E-state index is 0. The average Bonchev–Trinajstić information content (AvgIpc) is 2.60. The van der Waals surface area contributed by atoms with Gasteiger partial charge in [0.05, 0.1) is 10.8 Å². The number of aromatic nitrogens is 4. The van der Waals surface area contributed by atoms with Crippen LogP contribution in [0.3, 0.4) is 0 Å². The smallest absolute Gasteiger partial charge is 0.253 e. The fourth-order valence-corrected chi connectivity index (χ4v) is 1.23. The van der Waals surface area contributed by atoms with E-state index in [1.165, 1.54) is 23.1 Å². The third kappa shape index (κ3) is 2.21. The van der Waals surface area contributed by atoms with Gasteiger partial charge in [-0.25, -0.2) is 0 Å². The minimum Gasteiger partial charge on any atom is -0.415 e. The van der Waals surface area contributed by atoms with E-state index in [9.17, 15) is 0 Å². The van der Waals surface area contributed by atoms with Gasteiger partial charge in [0.1, 0.15) is 0 Å². The molecule has 5 nitrogen and oxygen atoms in total. The molecule has 0 bridgehead atoms. The summed E-state index contributed by atoms with van der Waals surface area (Å²) >= 11 is 2.46. The molecule has 0 unspecified atom stereocenters. The Kier molecular flexibility index (Phi) is 3.54. The number of ether oxygens (including phenoxy) is 1. The monoisotopic (exact) mass is 249 g/mol. The van der Waals surface area contributed by atoms with Crippen LogP contribution in [0, 0.1) is 0 Å². The van der Waals surface area contributed by atoms with Crippen molar-refractivity contribution < 1.29 is 21.8 Å². The van der Waals surface area contributed by atoms with Crippen molar-refractivity contribution in [1.29, 1.82) is 0 Å². The van der Waals surface area contributed by atoms with Gasteiger partial charge < -0.3 is 4.74 Å². The van der Waals surface area contributed by atoms with E-state index in [1.807, 2.05) is 0 Å². The second-order valence-corrected chi connectivity index (χ2v) is 2.81. The van der Waals surface area contributed by atoms with Crippen molar-refractivity contribution in [3.05, 3.63) is 10.8 Å². The Hall–Kier alpha value is -0.561. The maximum absolute atomic E-state index is 5.13. The predicted molar refractivity (Wildman–Crippen MR) is 39.9 cm³/mol. The summed E-state index contributed by atoms with van der Waals surface area (Å²) in [6, 6.07) is 0. The molecule has 0 aliphatic heterocycles. The van der Waals surface area contributed by atoms with Crippen molar-refractivity contribution in [1.82, 2.24) is 19.2 Å². The molecule has 12 heavy (non-hydrogen) atoms. The first kappa shape index (κ1) is 9.53. The maximum atomic E-state index is 5.13. The van der Waals surface area contributed by atoms with Crippen LogP contribution in [-0.2, 0) is 17.1 Å². The maximum Gasteiger partial charge on any atom is 0.253 e. The van der Waals surface area contributed by atoms with Crippen LogP contribution >= 0.6 is 23.1 Å². The topological polar surface area (TPSA) is 60.8 Å². The first-order valence-electron chi connectivity index (χ1n) is 2.67. The van der Waals surface area contributed by atoms with Gasteiger partial charge in [0, 0.05) is 17.1 Å². The largest absolute Gasteiger partial charge is 0.415 e. The summed E-state index contributed by atoms with van der Waals surface area (Å²) in [5, 5.41) is 10.7. The Morgan fingerprint density at radius 3 is 1.83 bits per heavy atom. The molecule has 0 atom stereocenters. The minimum absolute atomic E-state index is 0. The Morgan fingerprint density at radius 1 is 1.00 bits per heavy atom. The van der Waals surface area contributed by atoms with E-state index in [2.05, 4.69) is 19.2 Å². The number of nitrogens with zero attached hydrogens (tertiary/aromatic N) is 4. The molecular formula is C4H2CuN4OS2. The van der Waals surface area contributed by atoms with E-state index in [0.717, 1.165) is 0 Å². The van der Waals surface area contributed by atoms with Crippen LogP contribution in [0.15, 0.2) is 10.8 Å². The molecule has 67 valence electrons. The summed E-state index contributed by atoms with van der Waals surface area (Å²) in [5.41, 5.74) is 0. The molecule has 2 aromatic rings. The van der Waals surface area contributed by atoms with E-state index in [4.69, 9.17) is 4.74 Å². The van der Waals surface area contributed by atoms with Gasteiger partial charge in [-0.2, -0.15) is 0 Å². The van der Waals surface area contributed by atoms with Crippen LogP contribution in [-0.4, -0.2) is 19.2 Å². The summed E-state index contributed by atoms with van der Waals surface area (Å²) in [4.78, 5) is 0. The molecule has 0 spiro atoms. The van der Waals surface area contributed by atoms with Gasteiger partial charge in [-0.05, 0) is 23.1 Å². The van der Waals surface area contributed by atoms with Crippen LogP contribution in [0.4, 0.5) is 0 Å². The van der Waals surface area contributed by atoms with Gasteiger partial charge in [-0.1, -0.05) is 19.2 Å². The van der Waals surface area contributed by atoms with Gasteiger partial charge in [0.15, 0.2) is 0 Å². The molecule has 0 N–H and O–H groups in total. The predicted octanol–water partition coefficient (Wildman–Crippen LogP) is 1.18. The molecule has 0 saturated heterocycles. The van der Waals surface area contributed by atoms with Crippen molar-refractivity contribution in [2.45, 2.75) is 0 Å². The molecule has 0 aliphatic carbocycles. The zero-order valence-electron chi connectivity index (χ0n) is 5.47. The van der Waals surface area contributed by atoms with Crippen LogP contribution in [0.5, 0.6) is 11.8 Å². The summed E-state index contributed by atoms with van der Waals surface area (Å²) in [6.07, 6.45) is 0. The summed E-state index contributed by atoms with van der Waals surface area (Å²) in [7, 11) is 0. The van der Waals surface area contributed by atoms with Crippen LogP contribution in [0.1, 0.15) is 0 Å². The number of rotatable bonds is 2. The van der Waals surface area contributed by atoms with E-state index in [0.29, 0.717) is 11.8 Å². The Labute approximate surface area is 86.6 Å². The van der Waals surface area contributed by atoms with E-state index in [-0.39, 0.29) is 17.1 Å². The van der Waals surface area contributed by atoms with Crippen molar-refractivity contribution in [3.8, 4) is 11.8 Å². The number of hydrogen-bond donors (Lipinski definition) is 0. The molecule has 0 fully saturated rings. The Bertz CT molecular complexity index is 277. The van der Waals surface area contributed by atoms with E-state index >= 15 is 0 Å². The van der Waals surface area contributed by atoms with Crippen LogP contribution in [0.25, 0.3) is 0 Å². The van der Waals surface area contributed by atoms with Crippen LogP contribution < -0.4 is 4.74 Å². The van der Waals surface area contributed by atoms with Gasteiger partial charge in [0.2, 0.25) is 0 Å². The Morgan fingerprint density at radius 2 is 1.50 bits per heavy atom. The average molecular weight is 250 g/mol. The van der Waals surface area contributed by atoms with Crippen molar-refractivity contribution in [2.24, 2.45) is 0 Å². The molecule has 2 heterocycles. The molecule has 2 rings (SSSR count).